The van der Waals surface area contributed by atoms with E-state index in [1.165, 1.54) is 21.9 Å². The first-order chi connectivity index (χ1) is 5.93. The molecule has 0 nitrogen and oxygen atoms in total. The van der Waals surface area contributed by atoms with Gasteiger partial charge in [-0.25, -0.2) is 0 Å². The van der Waals surface area contributed by atoms with E-state index in [2.05, 4.69) is 34.2 Å². The molecule has 1 aromatic carbocycles. The maximum atomic E-state index is 3.41. The summed E-state index contributed by atoms with van der Waals surface area (Å²) in [5, 5.41) is 2.72. The molecule has 12 heavy (non-hydrogen) atoms. The Balaban J connectivity index is 2.43. The van der Waals surface area contributed by atoms with E-state index in [0.29, 0.717) is 14.5 Å². The molecule has 1 heterocycles. The molecule has 0 N–H and O–H groups in total. The molecule has 0 saturated heterocycles. The molecule has 2 aromatic rings. The van der Waals surface area contributed by atoms with E-state index in [9.17, 15) is 0 Å². The van der Waals surface area contributed by atoms with Crippen LogP contribution in [-0.4, -0.2) is 14.5 Å². The van der Waals surface area contributed by atoms with Crippen molar-refractivity contribution in [1.82, 2.24) is 0 Å². The van der Waals surface area contributed by atoms with Crippen LogP contribution < -0.4 is 0 Å². The summed E-state index contributed by atoms with van der Waals surface area (Å²) in [6.07, 6.45) is 5.55. The van der Waals surface area contributed by atoms with Crippen molar-refractivity contribution in [1.29, 1.82) is 0 Å². The van der Waals surface area contributed by atoms with E-state index in [1.54, 1.807) is 0 Å². The summed E-state index contributed by atoms with van der Waals surface area (Å²) in [6, 6.07) is 4.58. The SMILES string of the molecule is [c]1[se]cc2cc3c(cc12)CC=C3. The van der Waals surface area contributed by atoms with Crippen LogP contribution in [0.2, 0.25) is 0 Å². The Morgan fingerprint density at radius 1 is 1.33 bits per heavy atom. The normalized spacial score (nSPS) is 14.0. The van der Waals surface area contributed by atoms with Gasteiger partial charge in [-0.1, -0.05) is 0 Å². The van der Waals surface area contributed by atoms with Crippen molar-refractivity contribution in [2.45, 2.75) is 6.42 Å². The summed E-state index contributed by atoms with van der Waals surface area (Å²) < 4.78 is 0. The van der Waals surface area contributed by atoms with Gasteiger partial charge in [-0.05, 0) is 0 Å². The van der Waals surface area contributed by atoms with Crippen LogP contribution >= 0.6 is 0 Å². The predicted octanol–water partition coefficient (Wildman–Crippen LogP) is 2.27. The van der Waals surface area contributed by atoms with Gasteiger partial charge in [0, 0.05) is 0 Å². The molecule has 0 spiro atoms. The molecule has 0 saturated carbocycles. The molecular formula is C11H7Se. The molecule has 1 radical (unpaired) electrons. The Labute approximate surface area is 77.3 Å². The molecule has 0 fully saturated rings. The molecule has 57 valence electrons. The Kier molecular flexibility index (Phi) is 1.31. The van der Waals surface area contributed by atoms with E-state index < -0.39 is 0 Å². The number of allylic oxidation sites excluding steroid dienone is 1. The fraction of sp³-hybridized carbons (Fsp3) is 0.0909. The van der Waals surface area contributed by atoms with Crippen molar-refractivity contribution >= 4 is 31.4 Å². The van der Waals surface area contributed by atoms with Crippen LogP contribution in [0.5, 0.6) is 0 Å². The number of hydrogen-bond donors (Lipinski definition) is 0. The fourth-order valence-electron chi connectivity index (χ4n) is 1.67. The average molecular weight is 218 g/mol. The van der Waals surface area contributed by atoms with E-state index in [4.69, 9.17) is 0 Å². The van der Waals surface area contributed by atoms with Crippen molar-refractivity contribution in [2.24, 2.45) is 0 Å². The quantitative estimate of drug-likeness (QED) is 0.595. The molecule has 0 aliphatic heterocycles. The summed E-state index contributed by atoms with van der Waals surface area (Å²) in [7, 11) is 0. The van der Waals surface area contributed by atoms with Gasteiger partial charge in [-0.2, -0.15) is 0 Å². The van der Waals surface area contributed by atoms with Crippen molar-refractivity contribution in [2.75, 3.05) is 0 Å². The van der Waals surface area contributed by atoms with Gasteiger partial charge in [0.1, 0.15) is 0 Å². The second-order valence-electron chi connectivity index (χ2n) is 3.08. The average Bonchev–Trinajstić information content (AvgIpc) is 2.64. The van der Waals surface area contributed by atoms with Crippen molar-refractivity contribution in [3.63, 3.8) is 0 Å². The molecule has 0 unspecified atom stereocenters. The summed E-state index contributed by atoms with van der Waals surface area (Å²) >= 11 is 0.487. The van der Waals surface area contributed by atoms with Gasteiger partial charge in [0.25, 0.3) is 0 Å². The minimum atomic E-state index is 0.487. The molecule has 0 atom stereocenters. The standard InChI is InChI=1S/C11H7Se/c1-2-8-4-10-6-12-7-11(10)5-9(8)3-1/h1-2,4-6H,3H2. The number of rotatable bonds is 0. The Hall–Kier alpha value is -0.781. The Morgan fingerprint density at radius 2 is 2.33 bits per heavy atom. The summed E-state index contributed by atoms with van der Waals surface area (Å²) in [5.74, 6) is 0. The van der Waals surface area contributed by atoms with Gasteiger partial charge in [-0.15, -0.1) is 0 Å². The first kappa shape index (κ1) is 6.71. The summed E-state index contributed by atoms with van der Waals surface area (Å²) in [6.45, 7) is 0. The molecular weight excluding hydrogens is 211 g/mol. The van der Waals surface area contributed by atoms with E-state index in [0.717, 1.165) is 6.42 Å². The molecule has 0 bridgehead atoms. The molecule has 3 rings (SSSR count). The zero-order valence-electron chi connectivity index (χ0n) is 6.50. The molecule has 1 aliphatic carbocycles. The third kappa shape index (κ3) is 0.841. The first-order valence-corrected chi connectivity index (χ1v) is 5.86. The second kappa shape index (κ2) is 2.35. The van der Waals surface area contributed by atoms with Crippen LogP contribution in [0.25, 0.3) is 16.8 Å². The van der Waals surface area contributed by atoms with Gasteiger partial charge in [0.05, 0.1) is 0 Å². The van der Waals surface area contributed by atoms with Crippen LogP contribution in [-0.2, 0) is 6.42 Å². The van der Waals surface area contributed by atoms with E-state index in [-0.39, 0.29) is 0 Å². The van der Waals surface area contributed by atoms with Crippen LogP contribution in [0.15, 0.2) is 23.1 Å². The minimum absolute atomic E-state index is 0.487. The van der Waals surface area contributed by atoms with Crippen molar-refractivity contribution in [3.05, 3.63) is 39.2 Å². The maximum absolute atomic E-state index is 3.41. The fourth-order valence-corrected chi connectivity index (χ4v) is 3.10. The topological polar surface area (TPSA) is 0 Å². The van der Waals surface area contributed by atoms with Crippen molar-refractivity contribution in [3.8, 4) is 0 Å². The number of hydrogen-bond acceptors (Lipinski definition) is 0. The van der Waals surface area contributed by atoms with Crippen LogP contribution in [0.4, 0.5) is 0 Å². The summed E-state index contributed by atoms with van der Waals surface area (Å²) in [4.78, 5) is 5.71. The number of benzene rings is 1. The molecule has 1 aromatic heterocycles. The molecule has 0 amide bonds. The monoisotopic (exact) mass is 219 g/mol. The van der Waals surface area contributed by atoms with Crippen LogP contribution in [0.3, 0.4) is 0 Å². The van der Waals surface area contributed by atoms with Gasteiger partial charge < -0.3 is 0 Å². The predicted molar refractivity (Wildman–Crippen MR) is 52.5 cm³/mol. The van der Waals surface area contributed by atoms with Crippen molar-refractivity contribution < 1.29 is 0 Å². The number of fused-ring (bicyclic) bond motifs is 2. The van der Waals surface area contributed by atoms with Gasteiger partial charge >= 0.3 is 77.0 Å². The Bertz CT molecular complexity index is 463. The zero-order valence-corrected chi connectivity index (χ0v) is 8.22. The third-order valence-electron chi connectivity index (χ3n) is 2.30. The van der Waals surface area contributed by atoms with Crippen LogP contribution in [0, 0.1) is 4.94 Å². The van der Waals surface area contributed by atoms with Crippen LogP contribution in [0.1, 0.15) is 11.1 Å². The summed E-state index contributed by atoms with van der Waals surface area (Å²) in [5.41, 5.74) is 2.87. The van der Waals surface area contributed by atoms with E-state index in [1.807, 2.05) is 0 Å². The first-order valence-electron chi connectivity index (χ1n) is 4.02. The second-order valence-corrected chi connectivity index (χ2v) is 4.50. The van der Waals surface area contributed by atoms with E-state index >= 15 is 0 Å². The zero-order chi connectivity index (χ0) is 7.97. The Morgan fingerprint density at radius 3 is 3.33 bits per heavy atom. The van der Waals surface area contributed by atoms with Gasteiger partial charge in [-0.3, -0.25) is 0 Å². The van der Waals surface area contributed by atoms with Gasteiger partial charge in [0.15, 0.2) is 0 Å². The van der Waals surface area contributed by atoms with Gasteiger partial charge in [0.2, 0.25) is 0 Å². The molecule has 1 aliphatic rings. The third-order valence-corrected chi connectivity index (χ3v) is 3.79. The molecule has 1 heteroatoms.